The van der Waals surface area contributed by atoms with Crippen LogP contribution in [0, 0.1) is 11.3 Å². The molecule has 0 radical (unpaired) electrons. The quantitative estimate of drug-likeness (QED) is 0.0605. The maximum absolute atomic E-state index is 14.4. The number of hydrogen-bond acceptors (Lipinski definition) is 12. The number of anilines is 1. The summed E-state index contributed by atoms with van der Waals surface area (Å²) in [5.41, 5.74) is 6.19. The first-order chi connectivity index (χ1) is 26.2. The standard InChI is InChI=1S/C39H38ClN4O9P/c1-47-30-17-13-28(14-18-30)39(27-9-4-3-5-10-27,29-15-19-31(48-2)20-16-29)49-26-35-34(25-37(51-35)44-23-21-36(42)43-38(44)45)53-54(46,50-24-8-22-41)52-33-12-7-6-11-32(33)40/h3-7,9-21,23,34-35,37H,8,24-26H2,1-2H3,(H2,42,43,45)/t34-,35+,37+,54?/m0/s1. The smallest absolute Gasteiger partial charge is 0.497 e. The lowest BCUT2D eigenvalue weighted by molar-refractivity contribution is -0.0937. The number of nitrogens with two attached hydrogens (primary N) is 1. The summed E-state index contributed by atoms with van der Waals surface area (Å²) in [6.07, 6.45) is -1.59. The predicted molar refractivity (Wildman–Crippen MR) is 200 cm³/mol. The predicted octanol–water partition coefficient (Wildman–Crippen LogP) is 7.29. The topological polar surface area (TPSA) is 166 Å². The van der Waals surface area contributed by atoms with E-state index < -0.39 is 37.5 Å². The van der Waals surface area contributed by atoms with Crippen molar-refractivity contribution in [2.24, 2.45) is 0 Å². The summed E-state index contributed by atoms with van der Waals surface area (Å²) in [4.78, 5) is 16.9. The van der Waals surface area contributed by atoms with Crippen molar-refractivity contribution in [2.45, 2.75) is 36.9 Å². The van der Waals surface area contributed by atoms with Crippen LogP contribution in [0.1, 0.15) is 35.8 Å². The number of phosphoric acid groups is 1. The number of aromatic nitrogens is 2. The summed E-state index contributed by atoms with van der Waals surface area (Å²) in [7, 11) is -1.32. The largest absolute Gasteiger partial charge is 0.530 e. The Morgan fingerprint density at radius 3 is 2.13 bits per heavy atom. The van der Waals surface area contributed by atoms with Crippen molar-refractivity contribution in [3.05, 3.63) is 148 Å². The van der Waals surface area contributed by atoms with Gasteiger partial charge >= 0.3 is 13.5 Å². The van der Waals surface area contributed by atoms with Gasteiger partial charge in [-0.15, -0.1) is 0 Å². The maximum atomic E-state index is 14.4. The number of para-hydroxylation sites is 1. The number of hydrogen-bond donors (Lipinski definition) is 1. The van der Waals surface area contributed by atoms with E-state index in [0.29, 0.717) is 11.5 Å². The van der Waals surface area contributed by atoms with Gasteiger partial charge in [0.1, 0.15) is 47.1 Å². The number of rotatable bonds is 16. The van der Waals surface area contributed by atoms with Crippen molar-refractivity contribution in [1.82, 2.24) is 9.55 Å². The number of halogens is 1. The molecule has 54 heavy (non-hydrogen) atoms. The molecule has 4 atom stereocenters. The number of benzene rings is 4. The summed E-state index contributed by atoms with van der Waals surface area (Å²) >= 11 is 6.36. The molecule has 2 N–H and O–H groups in total. The summed E-state index contributed by atoms with van der Waals surface area (Å²) in [5.74, 6) is 1.39. The van der Waals surface area contributed by atoms with E-state index in [1.807, 2.05) is 84.9 Å². The Morgan fingerprint density at radius 1 is 0.926 bits per heavy atom. The molecule has 280 valence electrons. The molecule has 0 bridgehead atoms. The SMILES string of the molecule is COc1ccc(C(OC[C@H]2O[C@@H](n3ccc(N)nc3=O)C[C@@H]2OP(=O)(OCCC#N)Oc2ccccc2Cl)(c2ccccc2)c2ccc(OC)cc2)cc1. The molecule has 1 aliphatic heterocycles. The molecule has 15 heteroatoms. The maximum Gasteiger partial charge on any atom is 0.530 e. The van der Waals surface area contributed by atoms with Gasteiger partial charge < -0.3 is 29.2 Å². The van der Waals surface area contributed by atoms with Gasteiger partial charge in [-0.25, -0.2) is 9.36 Å². The Balaban J connectivity index is 1.42. The first-order valence-electron chi connectivity index (χ1n) is 16.9. The number of phosphoric ester groups is 1. The van der Waals surface area contributed by atoms with Crippen LogP contribution in [-0.4, -0.2) is 49.2 Å². The summed E-state index contributed by atoms with van der Waals surface area (Å²) in [6.45, 7) is -0.417. The van der Waals surface area contributed by atoms with E-state index in [2.05, 4.69) is 4.98 Å². The fourth-order valence-electron chi connectivity index (χ4n) is 6.15. The minimum Gasteiger partial charge on any atom is -0.497 e. The molecule has 1 saturated heterocycles. The highest BCUT2D eigenvalue weighted by atomic mass is 35.5. The molecule has 4 aromatic carbocycles. The lowest BCUT2D eigenvalue weighted by Gasteiger charge is -2.37. The van der Waals surface area contributed by atoms with Crippen molar-refractivity contribution in [2.75, 3.05) is 33.2 Å². The monoisotopic (exact) mass is 772 g/mol. The fourth-order valence-corrected chi connectivity index (χ4v) is 7.80. The number of nitriles is 1. The van der Waals surface area contributed by atoms with Crippen molar-refractivity contribution in [3.63, 3.8) is 0 Å². The van der Waals surface area contributed by atoms with Crippen LogP contribution in [0.15, 0.2) is 120 Å². The Hall–Kier alpha value is -5.19. The average Bonchev–Trinajstić information content (AvgIpc) is 3.58. The van der Waals surface area contributed by atoms with E-state index in [9.17, 15) is 14.6 Å². The van der Waals surface area contributed by atoms with E-state index >= 15 is 0 Å². The second kappa shape index (κ2) is 17.3. The molecule has 1 fully saturated rings. The zero-order valence-electron chi connectivity index (χ0n) is 29.4. The highest BCUT2D eigenvalue weighted by Gasteiger charge is 2.46. The molecule has 0 saturated carbocycles. The third-order valence-corrected chi connectivity index (χ3v) is 10.5. The van der Waals surface area contributed by atoms with Crippen molar-refractivity contribution >= 4 is 25.2 Å². The summed E-state index contributed by atoms with van der Waals surface area (Å²) in [5, 5.41) is 9.36. The molecule has 2 heterocycles. The van der Waals surface area contributed by atoms with Gasteiger partial charge in [-0.05, 0) is 59.2 Å². The molecule has 5 aromatic rings. The van der Waals surface area contributed by atoms with Gasteiger partial charge in [0.05, 0.1) is 44.9 Å². The minimum absolute atomic E-state index is 0.000419. The normalized spacial score (nSPS) is 18.0. The Kier molecular flexibility index (Phi) is 12.3. The van der Waals surface area contributed by atoms with Crippen molar-refractivity contribution in [3.8, 4) is 23.3 Å². The number of nitrogen functional groups attached to an aromatic ring is 1. The number of methoxy groups -OCH3 is 2. The van der Waals surface area contributed by atoms with E-state index in [1.54, 1.807) is 32.4 Å². The zero-order valence-corrected chi connectivity index (χ0v) is 31.1. The molecule has 0 spiro atoms. The van der Waals surface area contributed by atoms with Crippen LogP contribution < -0.4 is 25.4 Å². The lowest BCUT2D eigenvalue weighted by Crippen LogP contribution is -2.38. The highest BCUT2D eigenvalue weighted by Crippen LogP contribution is 2.54. The van der Waals surface area contributed by atoms with Gasteiger partial charge in [-0.3, -0.25) is 13.6 Å². The van der Waals surface area contributed by atoms with Crippen LogP contribution in [0.3, 0.4) is 0 Å². The molecule has 0 amide bonds. The summed E-state index contributed by atoms with van der Waals surface area (Å²) < 4.78 is 57.8. The fraction of sp³-hybridized carbons (Fsp3) is 0.256. The van der Waals surface area contributed by atoms with Crippen LogP contribution in [-0.2, 0) is 28.7 Å². The molecule has 0 aliphatic carbocycles. The number of ether oxygens (including phenoxy) is 4. The zero-order chi connectivity index (χ0) is 38.1. The first kappa shape index (κ1) is 38.5. The second-order valence-electron chi connectivity index (χ2n) is 12.1. The Labute approximate surface area is 317 Å². The average molecular weight is 773 g/mol. The third kappa shape index (κ3) is 8.61. The lowest BCUT2D eigenvalue weighted by atomic mass is 9.80. The van der Waals surface area contributed by atoms with E-state index in [0.717, 1.165) is 16.7 Å². The van der Waals surface area contributed by atoms with E-state index in [-0.39, 0.29) is 42.6 Å². The van der Waals surface area contributed by atoms with Gasteiger partial charge in [0, 0.05) is 12.6 Å². The van der Waals surface area contributed by atoms with Crippen molar-refractivity contribution in [1.29, 1.82) is 5.26 Å². The van der Waals surface area contributed by atoms with Crippen LogP contribution in [0.4, 0.5) is 5.82 Å². The van der Waals surface area contributed by atoms with Gasteiger partial charge in [0.2, 0.25) is 0 Å². The van der Waals surface area contributed by atoms with E-state index in [4.69, 9.17) is 49.9 Å². The molecule has 1 aliphatic rings. The first-order valence-corrected chi connectivity index (χ1v) is 18.7. The third-order valence-electron chi connectivity index (χ3n) is 8.75. The molecule has 13 nitrogen and oxygen atoms in total. The molecular formula is C39H38ClN4O9P. The number of nitrogens with zero attached hydrogens (tertiary/aromatic N) is 3. The summed E-state index contributed by atoms with van der Waals surface area (Å²) in [6, 6.07) is 34.5. The van der Waals surface area contributed by atoms with E-state index in [1.165, 1.54) is 22.9 Å². The van der Waals surface area contributed by atoms with Crippen LogP contribution in [0.2, 0.25) is 5.02 Å². The minimum atomic E-state index is -4.50. The Bertz CT molecular complexity index is 2120. The van der Waals surface area contributed by atoms with Crippen molar-refractivity contribution < 1.29 is 37.1 Å². The Morgan fingerprint density at radius 2 is 1.54 bits per heavy atom. The van der Waals surface area contributed by atoms with Gasteiger partial charge in [-0.1, -0.05) is 78.3 Å². The molecule has 1 unspecified atom stereocenters. The molecule has 1 aromatic heterocycles. The second-order valence-corrected chi connectivity index (χ2v) is 14.0. The van der Waals surface area contributed by atoms with Gasteiger partial charge in [0.15, 0.2) is 0 Å². The highest BCUT2D eigenvalue weighted by molar-refractivity contribution is 7.49. The molecule has 6 rings (SSSR count). The van der Waals surface area contributed by atoms with Gasteiger partial charge in [0.25, 0.3) is 0 Å². The van der Waals surface area contributed by atoms with Crippen LogP contribution >= 0.6 is 19.4 Å². The molecular weight excluding hydrogens is 735 g/mol. The van der Waals surface area contributed by atoms with Gasteiger partial charge in [-0.2, -0.15) is 10.2 Å². The van der Waals surface area contributed by atoms with Crippen LogP contribution in [0.25, 0.3) is 0 Å². The van der Waals surface area contributed by atoms with Crippen LogP contribution in [0.5, 0.6) is 17.2 Å².